The molecule has 1 fully saturated rings. The lowest BCUT2D eigenvalue weighted by molar-refractivity contribution is 0.520. The molecule has 1 rings (SSSR count). The normalized spacial score (nSPS) is 16.8. The number of hydrogen-bond acceptors (Lipinski definition) is 1. The van der Waals surface area contributed by atoms with E-state index in [0.717, 1.165) is 0 Å². The zero-order valence-electron chi connectivity index (χ0n) is 6.34. The fourth-order valence-corrected chi connectivity index (χ4v) is 0.802. The highest BCUT2D eigenvalue weighted by Gasteiger charge is 1.93. The molecule has 1 N–H and O–H groups in total. The van der Waals surface area contributed by atoms with Crippen molar-refractivity contribution >= 4 is 29.6 Å². The molecule has 0 unspecified atom stereocenters. The second kappa shape index (κ2) is 7.33. The van der Waals surface area contributed by atoms with Crippen LogP contribution in [-0.2, 0) is 0 Å². The summed E-state index contributed by atoms with van der Waals surface area (Å²) in [5.74, 6) is 0. The molecule has 0 aromatic carbocycles. The molecule has 48 valence electrons. The summed E-state index contributed by atoms with van der Waals surface area (Å²) >= 11 is 0. The van der Waals surface area contributed by atoms with Crippen LogP contribution in [0.1, 0.15) is 19.3 Å². The maximum absolute atomic E-state index is 4.67. The minimum absolute atomic E-state index is 0.667. The molecule has 1 saturated heterocycles. The molecule has 6 radical (unpaired) electrons. The molecule has 5 heteroatoms. The van der Waals surface area contributed by atoms with Crippen LogP contribution in [0.15, 0.2) is 0 Å². The molecule has 0 aromatic rings. The van der Waals surface area contributed by atoms with E-state index in [1.54, 1.807) is 0 Å². The summed E-state index contributed by atoms with van der Waals surface area (Å²) in [6.45, 7) is 2.50. The third kappa shape index (κ3) is 11.1. The summed E-state index contributed by atoms with van der Waals surface area (Å²) < 4.78 is 0. The molecular formula is C5H11B4N. The zero-order chi connectivity index (χ0) is 7.82. The Morgan fingerprint density at radius 2 is 1.30 bits per heavy atom. The highest BCUT2D eigenvalue weighted by Crippen LogP contribution is 1.96. The second-order valence-corrected chi connectivity index (χ2v) is 2.39. The van der Waals surface area contributed by atoms with Crippen LogP contribution in [0.2, 0.25) is 0 Å². The smallest absolute Gasteiger partial charge is 0 e. The van der Waals surface area contributed by atoms with Gasteiger partial charge in [0.25, 0.3) is 0 Å². The van der Waals surface area contributed by atoms with Crippen molar-refractivity contribution in [2.45, 2.75) is 19.3 Å². The highest BCUT2D eigenvalue weighted by atomic mass is 14.9. The minimum atomic E-state index is -0.667. The van der Waals surface area contributed by atoms with E-state index in [-0.39, 0.29) is 0 Å². The average Bonchev–Trinajstić information content (AvgIpc) is 1.90. The van der Waals surface area contributed by atoms with Crippen LogP contribution in [0.5, 0.6) is 0 Å². The first-order valence-corrected chi connectivity index (χ1v) is 3.71. The van der Waals surface area contributed by atoms with Crippen molar-refractivity contribution in [3.63, 3.8) is 0 Å². The Hall–Kier alpha value is 0.220. The van der Waals surface area contributed by atoms with Crippen molar-refractivity contribution < 1.29 is 0 Å². The fraction of sp³-hybridized carbons (Fsp3) is 1.00. The minimum Gasteiger partial charge on any atom is -0.317 e. The van der Waals surface area contributed by atoms with E-state index >= 15 is 0 Å². The van der Waals surface area contributed by atoms with Crippen LogP contribution in [0.25, 0.3) is 0 Å². The quantitative estimate of drug-likeness (QED) is 0.423. The molecule has 1 heterocycles. The second-order valence-electron chi connectivity index (χ2n) is 2.39. The number of rotatable bonds is 0. The molecular weight excluding hydrogens is 117 g/mol. The summed E-state index contributed by atoms with van der Waals surface area (Å²) in [6.07, 6.45) is 3.55. The van der Waals surface area contributed by atoms with Gasteiger partial charge in [-0.3, -0.25) is 0 Å². The first-order valence-electron chi connectivity index (χ1n) is 3.71. The Bertz CT molecular complexity index is 50.4. The van der Waals surface area contributed by atoms with Gasteiger partial charge in [-0.05, 0) is 25.9 Å². The van der Waals surface area contributed by atoms with Gasteiger partial charge < -0.3 is 5.32 Å². The van der Waals surface area contributed by atoms with E-state index in [1.807, 2.05) is 0 Å². The Balaban J connectivity index is 0.000000180. The van der Waals surface area contributed by atoms with Gasteiger partial charge in [-0.1, -0.05) is 6.42 Å². The molecule has 0 bridgehead atoms. The molecule has 0 atom stereocenters. The molecule has 10 heavy (non-hydrogen) atoms. The first-order chi connectivity index (χ1) is 4.73. The largest absolute Gasteiger partial charge is 0.317 e. The van der Waals surface area contributed by atoms with E-state index < -0.39 is 6.39 Å². The van der Waals surface area contributed by atoms with E-state index in [1.165, 1.54) is 32.4 Å². The fourth-order valence-electron chi connectivity index (χ4n) is 0.802. The Kier molecular flexibility index (Phi) is 7.49. The van der Waals surface area contributed by atoms with Crippen LogP contribution < -0.4 is 5.32 Å². The predicted molar refractivity (Wildman–Crippen MR) is 49.7 cm³/mol. The molecule has 0 aliphatic carbocycles. The standard InChI is InChI=1S/C5H11N.B4/c1-2-4-6-5-3-1;1-4(2)3/h6H,1-5H2;. The van der Waals surface area contributed by atoms with Crippen molar-refractivity contribution in [1.82, 2.24) is 5.32 Å². The summed E-state index contributed by atoms with van der Waals surface area (Å²) in [4.78, 5) is 0. The van der Waals surface area contributed by atoms with Crippen LogP contribution >= 0.6 is 0 Å². The lowest BCUT2D eigenvalue weighted by Gasteiger charge is -2.08. The van der Waals surface area contributed by atoms with Crippen LogP contribution in [0.3, 0.4) is 0 Å². The third-order valence-electron chi connectivity index (χ3n) is 1.21. The van der Waals surface area contributed by atoms with Gasteiger partial charge in [-0.2, -0.15) is 0 Å². The molecule has 0 saturated carbocycles. The molecule has 1 aliphatic heterocycles. The van der Waals surface area contributed by atoms with Crippen molar-refractivity contribution in [3.8, 4) is 0 Å². The number of hydrogen-bond donors (Lipinski definition) is 1. The Labute approximate surface area is 68.0 Å². The zero-order valence-corrected chi connectivity index (χ0v) is 6.34. The van der Waals surface area contributed by atoms with E-state index in [2.05, 4.69) is 28.5 Å². The molecule has 0 amide bonds. The SMILES string of the molecule is C1CCNCC1.[B]B([B])[B]. The van der Waals surface area contributed by atoms with Crippen LogP contribution in [0, 0.1) is 0 Å². The van der Waals surface area contributed by atoms with Gasteiger partial charge in [0.05, 0.1) is 0 Å². The van der Waals surface area contributed by atoms with Gasteiger partial charge in [-0.25, -0.2) is 0 Å². The number of nitrogens with one attached hydrogen (secondary N) is 1. The van der Waals surface area contributed by atoms with Gasteiger partial charge in [0.1, 0.15) is 0 Å². The average molecular weight is 128 g/mol. The van der Waals surface area contributed by atoms with Crippen LogP contribution in [-0.4, -0.2) is 42.7 Å². The molecule has 0 aromatic heterocycles. The maximum Gasteiger partial charge on any atom is 0 e. The van der Waals surface area contributed by atoms with Gasteiger partial charge in [0.15, 0.2) is 0 Å². The summed E-state index contributed by atoms with van der Waals surface area (Å²) in [7, 11) is 14.0. The molecule has 1 aliphatic rings. The van der Waals surface area contributed by atoms with E-state index in [9.17, 15) is 0 Å². The van der Waals surface area contributed by atoms with Crippen molar-refractivity contribution in [3.05, 3.63) is 0 Å². The Morgan fingerprint density at radius 3 is 1.40 bits per heavy atom. The predicted octanol–water partition coefficient (Wildman–Crippen LogP) is -0.763. The van der Waals surface area contributed by atoms with Crippen molar-refractivity contribution in [1.29, 1.82) is 0 Å². The van der Waals surface area contributed by atoms with Gasteiger partial charge in [0.2, 0.25) is 0 Å². The number of piperidine rings is 1. The lowest BCUT2D eigenvalue weighted by atomic mass is 9.08. The summed E-state index contributed by atoms with van der Waals surface area (Å²) in [6, 6.07) is 0. The van der Waals surface area contributed by atoms with E-state index in [4.69, 9.17) is 0 Å². The van der Waals surface area contributed by atoms with Gasteiger partial charge >= 0.3 is 0 Å². The summed E-state index contributed by atoms with van der Waals surface area (Å²) in [5, 5.41) is 3.28. The first kappa shape index (κ1) is 10.2. The Morgan fingerprint density at radius 1 is 0.900 bits per heavy atom. The van der Waals surface area contributed by atoms with Crippen LogP contribution in [0.4, 0.5) is 0 Å². The van der Waals surface area contributed by atoms with Gasteiger partial charge in [0, 0.05) is 29.6 Å². The van der Waals surface area contributed by atoms with E-state index in [0.29, 0.717) is 0 Å². The monoisotopic (exact) mass is 129 g/mol. The third-order valence-corrected chi connectivity index (χ3v) is 1.21. The molecule has 1 nitrogen and oxygen atoms in total. The summed E-state index contributed by atoms with van der Waals surface area (Å²) in [5.41, 5.74) is 0. The lowest BCUT2D eigenvalue weighted by Crippen LogP contribution is -2.21. The molecule has 0 spiro atoms. The topological polar surface area (TPSA) is 12.0 Å². The van der Waals surface area contributed by atoms with Gasteiger partial charge in [-0.15, -0.1) is 0 Å². The maximum atomic E-state index is 4.67. The van der Waals surface area contributed by atoms with Crippen molar-refractivity contribution in [2.24, 2.45) is 0 Å². The highest BCUT2D eigenvalue weighted by molar-refractivity contribution is 7.49. The van der Waals surface area contributed by atoms with Crippen molar-refractivity contribution in [2.75, 3.05) is 13.1 Å².